The normalized spacial score (nSPS) is 15.4. The predicted octanol–water partition coefficient (Wildman–Crippen LogP) is -0.223. The number of pyridine rings is 1. The average Bonchev–Trinajstić information content (AvgIpc) is 2.16. The minimum atomic E-state index is -1.15. The minimum absolute atomic E-state index is 0.463. The number of rotatable bonds is 3. The van der Waals surface area contributed by atoms with E-state index in [1.165, 1.54) is 0 Å². The Bertz CT molecular complexity index is 277. The summed E-state index contributed by atoms with van der Waals surface area (Å²) in [5.41, 5.74) is 1.20. The van der Waals surface area contributed by atoms with E-state index in [0.29, 0.717) is 11.3 Å². The third kappa shape index (κ3) is 2.24. The highest BCUT2D eigenvalue weighted by Gasteiger charge is 2.18. The number of aryl methyl sites for hydroxylation is 1. The van der Waals surface area contributed by atoms with Crippen LogP contribution in [0, 0.1) is 6.92 Å². The Hall–Kier alpha value is -0.970. The molecule has 0 bridgehead atoms. The lowest BCUT2D eigenvalue weighted by Gasteiger charge is -2.16. The number of nitrogens with zero attached hydrogens (tertiary/aromatic N) is 1. The Balaban J connectivity index is 2.88. The Morgan fingerprint density at radius 2 is 2.15 bits per heavy atom. The number of aliphatic hydroxyl groups is 3. The van der Waals surface area contributed by atoms with Gasteiger partial charge in [0.2, 0.25) is 0 Å². The topological polar surface area (TPSA) is 73.6 Å². The van der Waals surface area contributed by atoms with Gasteiger partial charge in [-0.25, -0.2) is 0 Å². The van der Waals surface area contributed by atoms with Crippen molar-refractivity contribution in [3.05, 3.63) is 29.6 Å². The van der Waals surface area contributed by atoms with Crippen LogP contribution in [0.1, 0.15) is 17.4 Å². The first kappa shape index (κ1) is 10.1. The molecule has 2 unspecified atom stereocenters. The molecular formula is C9H13NO3. The van der Waals surface area contributed by atoms with Gasteiger partial charge < -0.3 is 15.3 Å². The maximum atomic E-state index is 9.52. The maximum Gasteiger partial charge on any atom is 0.109 e. The first-order valence-electron chi connectivity index (χ1n) is 4.05. The van der Waals surface area contributed by atoms with E-state index >= 15 is 0 Å². The van der Waals surface area contributed by atoms with E-state index in [2.05, 4.69) is 4.98 Å². The molecule has 2 atom stereocenters. The van der Waals surface area contributed by atoms with Crippen molar-refractivity contribution in [1.29, 1.82) is 0 Å². The molecule has 4 heteroatoms. The van der Waals surface area contributed by atoms with Gasteiger partial charge in [0, 0.05) is 17.5 Å². The number of hydrogen-bond acceptors (Lipinski definition) is 4. The summed E-state index contributed by atoms with van der Waals surface area (Å²) in [4.78, 5) is 3.96. The van der Waals surface area contributed by atoms with Crippen LogP contribution in [0.4, 0.5) is 0 Å². The molecule has 0 aromatic carbocycles. The molecule has 4 nitrogen and oxygen atoms in total. The fraction of sp³-hybridized carbons (Fsp3) is 0.444. The molecule has 0 spiro atoms. The van der Waals surface area contributed by atoms with Crippen molar-refractivity contribution in [2.75, 3.05) is 6.61 Å². The minimum Gasteiger partial charge on any atom is -0.394 e. The van der Waals surface area contributed by atoms with E-state index in [9.17, 15) is 10.2 Å². The van der Waals surface area contributed by atoms with Crippen molar-refractivity contribution < 1.29 is 15.3 Å². The smallest absolute Gasteiger partial charge is 0.109 e. The highest BCUT2D eigenvalue weighted by atomic mass is 16.4. The van der Waals surface area contributed by atoms with Crippen LogP contribution in [0.3, 0.4) is 0 Å². The Labute approximate surface area is 76.5 Å². The fourth-order valence-electron chi connectivity index (χ4n) is 1.12. The van der Waals surface area contributed by atoms with Gasteiger partial charge >= 0.3 is 0 Å². The fourth-order valence-corrected chi connectivity index (χ4v) is 1.12. The second kappa shape index (κ2) is 4.32. The molecule has 72 valence electrons. The number of aromatic nitrogens is 1. The van der Waals surface area contributed by atoms with Gasteiger partial charge in [-0.05, 0) is 13.0 Å². The maximum absolute atomic E-state index is 9.52. The summed E-state index contributed by atoms with van der Waals surface area (Å²) in [5, 5.41) is 27.3. The molecule has 1 rings (SSSR count). The second-order valence-corrected chi connectivity index (χ2v) is 2.87. The highest BCUT2D eigenvalue weighted by Crippen LogP contribution is 2.18. The molecule has 13 heavy (non-hydrogen) atoms. The summed E-state index contributed by atoms with van der Waals surface area (Å²) in [5.74, 6) is 0. The van der Waals surface area contributed by atoms with E-state index in [1.54, 1.807) is 25.3 Å². The van der Waals surface area contributed by atoms with Crippen LogP contribution in [-0.2, 0) is 0 Å². The van der Waals surface area contributed by atoms with Gasteiger partial charge in [0.1, 0.15) is 12.2 Å². The van der Waals surface area contributed by atoms with Crippen LogP contribution in [0.5, 0.6) is 0 Å². The van der Waals surface area contributed by atoms with Crippen LogP contribution < -0.4 is 0 Å². The van der Waals surface area contributed by atoms with Crippen molar-refractivity contribution in [2.24, 2.45) is 0 Å². The zero-order chi connectivity index (χ0) is 9.84. The molecule has 1 aromatic heterocycles. The quantitative estimate of drug-likeness (QED) is 0.605. The monoisotopic (exact) mass is 183 g/mol. The molecule has 1 aromatic rings. The lowest BCUT2D eigenvalue weighted by atomic mass is 10.0. The molecule has 0 saturated heterocycles. The van der Waals surface area contributed by atoms with E-state index in [1.807, 2.05) is 0 Å². The van der Waals surface area contributed by atoms with Gasteiger partial charge in [-0.15, -0.1) is 0 Å². The van der Waals surface area contributed by atoms with Crippen molar-refractivity contribution in [1.82, 2.24) is 4.98 Å². The van der Waals surface area contributed by atoms with Gasteiger partial charge in [-0.1, -0.05) is 6.07 Å². The Morgan fingerprint density at radius 1 is 1.46 bits per heavy atom. The van der Waals surface area contributed by atoms with Gasteiger partial charge in [-0.2, -0.15) is 0 Å². The lowest BCUT2D eigenvalue weighted by Crippen LogP contribution is -2.22. The summed E-state index contributed by atoms with van der Waals surface area (Å²) in [6.07, 6.45) is -0.613. The summed E-state index contributed by atoms with van der Waals surface area (Å²) in [7, 11) is 0. The van der Waals surface area contributed by atoms with Gasteiger partial charge in [0.05, 0.1) is 6.61 Å². The van der Waals surface area contributed by atoms with Crippen molar-refractivity contribution >= 4 is 0 Å². The Morgan fingerprint density at radius 3 is 2.69 bits per heavy atom. The summed E-state index contributed by atoms with van der Waals surface area (Å²) in [6, 6.07) is 3.35. The van der Waals surface area contributed by atoms with Gasteiger partial charge in [0.15, 0.2) is 0 Å². The second-order valence-electron chi connectivity index (χ2n) is 2.87. The van der Waals surface area contributed by atoms with Crippen LogP contribution in [0.25, 0.3) is 0 Å². The van der Waals surface area contributed by atoms with E-state index in [4.69, 9.17) is 5.11 Å². The number of aliphatic hydroxyl groups excluding tert-OH is 3. The molecule has 0 aliphatic carbocycles. The standard InChI is InChI=1S/C9H13NO3/c1-6-7(3-2-4-10-6)9(13)8(12)5-11/h2-4,8-9,11-13H,5H2,1H3. The third-order valence-electron chi connectivity index (χ3n) is 1.92. The first-order valence-corrected chi connectivity index (χ1v) is 4.05. The molecule has 0 aliphatic heterocycles. The molecular weight excluding hydrogens is 170 g/mol. The zero-order valence-corrected chi connectivity index (χ0v) is 7.38. The number of hydrogen-bond donors (Lipinski definition) is 3. The average molecular weight is 183 g/mol. The molecule has 0 amide bonds. The molecule has 0 radical (unpaired) electrons. The zero-order valence-electron chi connectivity index (χ0n) is 7.38. The van der Waals surface area contributed by atoms with Crippen LogP contribution in [0.2, 0.25) is 0 Å². The molecule has 0 fully saturated rings. The SMILES string of the molecule is Cc1ncccc1C(O)C(O)CO. The van der Waals surface area contributed by atoms with Crippen LogP contribution in [-0.4, -0.2) is 33.0 Å². The van der Waals surface area contributed by atoms with E-state index in [0.717, 1.165) is 0 Å². The molecule has 0 saturated carbocycles. The summed E-state index contributed by atoms with van der Waals surface area (Å²) < 4.78 is 0. The summed E-state index contributed by atoms with van der Waals surface area (Å²) in [6.45, 7) is 1.28. The molecule has 1 heterocycles. The molecule has 0 aliphatic rings. The van der Waals surface area contributed by atoms with E-state index in [-0.39, 0.29) is 0 Å². The largest absolute Gasteiger partial charge is 0.394 e. The van der Waals surface area contributed by atoms with Crippen LogP contribution >= 0.6 is 0 Å². The van der Waals surface area contributed by atoms with Gasteiger partial charge in [-0.3, -0.25) is 4.98 Å². The van der Waals surface area contributed by atoms with Crippen LogP contribution in [0.15, 0.2) is 18.3 Å². The third-order valence-corrected chi connectivity index (χ3v) is 1.92. The van der Waals surface area contributed by atoms with Crippen molar-refractivity contribution in [3.63, 3.8) is 0 Å². The Kier molecular flexibility index (Phi) is 3.36. The van der Waals surface area contributed by atoms with Gasteiger partial charge in [0.25, 0.3) is 0 Å². The van der Waals surface area contributed by atoms with Crippen molar-refractivity contribution in [3.8, 4) is 0 Å². The van der Waals surface area contributed by atoms with Crippen molar-refractivity contribution in [2.45, 2.75) is 19.1 Å². The summed E-state index contributed by atoms with van der Waals surface area (Å²) >= 11 is 0. The predicted molar refractivity (Wildman–Crippen MR) is 47.0 cm³/mol. The molecule has 3 N–H and O–H groups in total. The lowest BCUT2D eigenvalue weighted by molar-refractivity contribution is -0.0157. The highest BCUT2D eigenvalue weighted by molar-refractivity contribution is 5.21. The first-order chi connectivity index (χ1) is 6.16. The van der Waals surface area contributed by atoms with E-state index < -0.39 is 18.8 Å².